The lowest BCUT2D eigenvalue weighted by molar-refractivity contribution is -0.139. The van der Waals surface area contributed by atoms with Crippen LogP contribution in [0.2, 0.25) is 0 Å². The van der Waals surface area contributed by atoms with Crippen LogP contribution in [0.1, 0.15) is 51.8 Å². The fourth-order valence-corrected chi connectivity index (χ4v) is 3.75. The van der Waals surface area contributed by atoms with Crippen LogP contribution in [0.3, 0.4) is 0 Å². The number of carboxylic acid groups (broad SMARTS) is 1. The molecule has 1 aliphatic rings. The number of fused-ring (bicyclic) bond motifs is 1. The first-order chi connectivity index (χ1) is 10.1. The van der Waals surface area contributed by atoms with Crippen LogP contribution in [0.15, 0.2) is 23.6 Å². The summed E-state index contributed by atoms with van der Waals surface area (Å²) in [5.74, 6) is -1.30. The van der Waals surface area contributed by atoms with E-state index in [1.807, 2.05) is 35.1 Å². The summed E-state index contributed by atoms with van der Waals surface area (Å²) in [6, 6.07) is 5.56. The van der Waals surface area contributed by atoms with E-state index in [0.29, 0.717) is 17.0 Å². The molecule has 0 saturated heterocycles. The maximum absolute atomic E-state index is 12.7. The molecule has 1 N–H and O–H groups in total. The molecule has 0 radical (unpaired) electrons. The van der Waals surface area contributed by atoms with Gasteiger partial charge in [-0.3, -0.25) is 9.59 Å². The third kappa shape index (κ3) is 2.42. The van der Waals surface area contributed by atoms with Crippen LogP contribution in [0.5, 0.6) is 0 Å². The van der Waals surface area contributed by atoms with E-state index in [0.717, 1.165) is 30.6 Å². The number of nitrogens with zero attached hydrogens (tertiary/aromatic N) is 1. The van der Waals surface area contributed by atoms with Crippen molar-refractivity contribution in [3.63, 3.8) is 0 Å². The summed E-state index contributed by atoms with van der Waals surface area (Å²) in [7, 11) is 0. The summed E-state index contributed by atoms with van der Waals surface area (Å²) in [6.45, 7) is 2.61. The number of aromatic nitrogens is 1. The largest absolute Gasteiger partial charge is 0.481 e. The Bertz CT molecular complexity index is 685. The van der Waals surface area contributed by atoms with Gasteiger partial charge in [-0.1, -0.05) is 12.5 Å². The van der Waals surface area contributed by atoms with Gasteiger partial charge in [-0.05, 0) is 42.8 Å². The van der Waals surface area contributed by atoms with E-state index in [4.69, 9.17) is 0 Å². The van der Waals surface area contributed by atoms with Crippen LogP contribution in [0.25, 0.3) is 0 Å². The van der Waals surface area contributed by atoms with E-state index in [9.17, 15) is 14.7 Å². The van der Waals surface area contributed by atoms with Crippen molar-refractivity contribution in [3.8, 4) is 0 Å². The van der Waals surface area contributed by atoms with Gasteiger partial charge in [0.15, 0.2) is 0 Å². The van der Waals surface area contributed by atoms with Crippen molar-refractivity contribution in [2.75, 3.05) is 0 Å². The molecule has 2 aromatic rings. The Balaban J connectivity index is 2.11. The number of hydrogen-bond donors (Lipinski definition) is 1. The summed E-state index contributed by atoms with van der Waals surface area (Å²) < 4.78 is 1.93. The minimum atomic E-state index is -0.800. The molecular formula is C16H17NO3S. The van der Waals surface area contributed by atoms with E-state index in [1.54, 1.807) is 0 Å². The number of ketones is 1. The first-order valence-electron chi connectivity index (χ1n) is 7.10. The Kier molecular flexibility index (Phi) is 3.68. The molecule has 0 aliphatic carbocycles. The van der Waals surface area contributed by atoms with Crippen LogP contribution in [-0.4, -0.2) is 21.4 Å². The van der Waals surface area contributed by atoms with Gasteiger partial charge in [0.2, 0.25) is 5.78 Å². The van der Waals surface area contributed by atoms with E-state index < -0.39 is 11.9 Å². The number of rotatable bonds is 3. The van der Waals surface area contributed by atoms with Gasteiger partial charge in [-0.2, -0.15) is 0 Å². The lowest BCUT2D eigenvalue weighted by Crippen LogP contribution is -2.16. The first kappa shape index (κ1) is 14.1. The molecule has 0 bridgehead atoms. The molecule has 0 amide bonds. The highest BCUT2D eigenvalue weighted by atomic mass is 32.1. The number of aliphatic carboxylic acids is 1. The van der Waals surface area contributed by atoms with Crippen molar-refractivity contribution >= 4 is 23.1 Å². The highest BCUT2D eigenvalue weighted by Gasteiger charge is 2.30. The van der Waals surface area contributed by atoms with Crippen molar-refractivity contribution < 1.29 is 14.7 Å². The summed E-state index contributed by atoms with van der Waals surface area (Å²) >= 11 is 1.42. The standard InChI is InChI=1S/C16H17NO3S/c1-10-9-12-11(16(19)20)5-2-3-7-17(12)14(10)15(18)13-6-4-8-21-13/h4,6,8-9,11H,2-3,5,7H2,1H3,(H,19,20). The number of carboxylic acids is 1. The van der Waals surface area contributed by atoms with Crippen LogP contribution >= 0.6 is 11.3 Å². The third-order valence-electron chi connectivity index (χ3n) is 4.06. The second-order valence-electron chi connectivity index (χ2n) is 5.45. The molecule has 1 aliphatic heterocycles. The van der Waals surface area contributed by atoms with Gasteiger partial charge in [-0.15, -0.1) is 11.3 Å². The second kappa shape index (κ2) is 5.48. The molecule has 5 heteroatoms. The lowest BCUT2D eigenvalue weighted by atomic mass is 9.99. The Morgan fingerprint density at radius 2 is 2.19 bits per heavy atom. The molecule has 0 saturated carbocycles. The smallest absolute Gasteiger partial charge is 0.312 e. The summed E-state index contributed by atoms with van der Waals surface area (Å²) in [5, 5.41) is 11.3. The van der Waals surface area contributed by atoms with Crippen molar-refractivity contribution in [1.82, 2.24) is 4.57 Å². The molecule has 4 nitrogen and oxygen atoms in total. The molecular weight excluding hydrogens is 286 g/mol. The third-order valence-corrected chi connectivity index (χ3v) is 4.93. The fourth-order valence-electron chi connectivity index (χ4n) is 3.08. The van der Waals surface area contributed by atoms with E-state index in [1.165, 1.54) is 11.3 Å². The number of thiophene rings is 1. The summed E-state index contributed by atoms with van der Waals surface area (Å²) in [5.41, 5.74) is 2.30. The Hall–Kier alpha value is -1.88. The highest BCUT2D eigenvalue weighted by Crippen LogP contribution is 2.32. The average molecular weight is 303 g/mol. The molecule has 1 atom stereocenters. The summed E-state index contributed by atoms with van der Waals surface area (Å²) in [6.07, 6.45) is 2.44. The van der Waals surface area contributed by atoms with Gasteiger partial charge in [0.25, 0.3) is 0 Å². The molecule has 2 aromatic heterocycles. The van der Waals surface area contributed by atoms with E-state index in [-0.39, 0.29) is 5.78 Å². The molecule has 3 heterocycles. The van der Waals surface area contributed by atoms with Crippen LogP contribution in [-0.2, 0) is 11.3 Å². The minimum Gasteiger partial charge on any atom is -0.481 e. The van der Waals surface area contributed by atoms with Crippen LogP contribution in [0, 0.1) is 6.92 Å². The van der Waals surface area contributed by atoms with Gasteiger partial charge < -0.3 is 9.67 Å². The summed E-state index contributed by atoms with van der Waals surface area (Å²) in [4.78, 5) is 24.9. The molecule has 0 spiro atoms. The predicted molar refractivity (Wildman–Crippen MR) is 81.1 cm³/mol. The molecule has 110 valence electrons. The molecule has 3 rings (SSSR count). The van der Waals surface area contributed by atoms with Crippen molar-refractivity contribution in [2.24, 2.45) is 0 Å². The van der Waals surface area contributed by atoms with Gasteiger partial charge in [-0.25, -0.2) is 0 Å². The topological polar surface area (TPSA) is 59.3 Å². The minimum absolute atomic E-state index is 0.000196. The maximum atomic E-state index is 12.7. The number of aryl methyl sites for hydroxylation is 1. The Morgan fingerprint density at radius 1 is 1.38 bits per heavy atom. The first-order valence-corrected chi connectivity index (χ1v) is 7.98. The van der Waals surface area contributed by atoms with Gasteiger partial charge >= 0.3 is 5.97 Å². The van der Waals surface area contributed by atoms with Gasteiger partial charge in [0.05, 0.1) is 16.5 Å². The molecule has 1 unspecified atom stereocenters. The molecule has 0 aromatic carbocycles. The van der Waals surface area contributed by atoms with Crippen molar-refractivity contribution in [2.45, 2.75) is 38.6 Å². The Labute approximate surface area is 127 Å². The van der Waals surface area contributed by atoms with Crippen molar-refractivity contribution in [3.05, 3.63) is 45.4 Å². The van der Waals surface area contributed by atoms with Gasteiger partial charge in [0, 0.05) is 12.2 Å². The number of carbonyl (C=O) groups is 2. The van der Waals surface area contributed by atoms with Crippen molar-refractivity contribution in [1.29, 1.82) is 0 Å². The zero-order valence-corrected chi connectivity index (χ0v) is 12.7. The van der Waals surface area contributed by atoms with E-state index in [2.05, 4.69) is 0 Å². The number of hydrogen-bond acceptors (Lipinski definition) is 3. The average Bonchev–Trinajstić information content (AvgIpc) is 3.02. The zero-order valence-electron chi connectivity index (χ0n) is 11.8. The van der Waals surface area contributed by atoms with Crippen LogP contribution in [0.4, 0.5) is 0 Å². The highest BCUT2D eigenvalue weighted by molar-refractivity contribution is 7.12. The predicted octanol–water partition coefficient (Wildman–Crippen LogP) is 3.44. The quantitative estimate of drug-likeness (QED) is 0.884. The zero-order chi connectivity index (χ0) is 15.0. The maximum Gasteiger partial charge on any atom is 0.312 e. The fraction of sp³-hybridized carbons (Fsp3) is 0.375. The second-order valence-corrected chi connectivity index (χ2v) is 6.39. The number of carbonyl (C=O) groups excluding carboxylic acids is 1. The van der Waals surface area contributed by atoms with E-state index >= 15 is 0 Å². The molecule has 21 heavy (non-hydrogen) atoms. The SMILES string of the molecule is Cc1cc2n(c1C(=O)c1cccs1)CCCCC2C(=O)O. The lowest BCUT2D eigenvalue weighted by Gasteiger charge is -2.13. The molecule has 0 fully saturated rings. The monoisotopic (exact) mass is 303 g/mol. The Morgan fingerprint density at radius 3 is 2.86 bits per heavy atom. The van der Waals surface area contributed by atoms with Crippen LogP contribution < -0.4 is 0 Å². The normalized spacial score (nSPS) is 18.0. The van der Waals surface area contributed by atoms with Gasteiger partial charge in [0.1, 0.15) is 0 Å².